The monoisotopic (exact) mass is 472 g/mol. The molecule has 1 saturated carbocycles. The summed E-state index contributed by atoms with van der Waals surface area (Å²) in [4.78, 5) is 28.3. The van der Waals surface area contributed by atoms with E-state index >= 15 is 0 Å². The Morgan fingerprint density at radius 1 is 1.29 bits per heavy atom. The number of hydrogen-bond donors (Lipinski definition) is 3. The van der Waals surface area contributed by atoms with E-state index in [2.05, 4.69) is 10.1 Å². The van der Waals surface area contributed by atoms with Crippen molar-refractivity contribution in [2.24, 2.45) is 11.7 Å². The molecule has 2 aromatic rings. The van der Waals surface area contributed by atoms with Crippen molar-refractivity contribution in [1.29, 1.82) is 5.26 Å². The van der Waals surface area contributed by atoms with Crippen LogP contribution in [0, 0.1) is 17.2 Å². The number of nitrogens with zero attached hydrogens (tertiary/aromatic N) is 4. The minimum absolute atomic E-state index is 0.172. The molecular weight excluding hydrogens is 444 g/mol. The molecule has 0 aromatic carbocycles. The van der Waals surface area contributed by atoms with E-state index in [1.807, 2.05) is 6.07 Å². The minimum Gasteiger partial charge on any atom is -0.462 e. The molecule has 2 fully saturated rings. The fourth-order valence-electron chi connectivity index (χ4n) is 4.74. The van der Waals surface area contributed by atoms with Crippen molar-refractivity contribution in [1.82, 2.24) is 14.6 Å². The second-order valence-electron chi connectivity index (χ2n) is 8.66. The number of esters is 2. The summed E-state index contributed by atoms with van der Waals surface area (Å²) in [5, 5.41) is 25.5. The van der Waals surface area contributed by atoms with Gasteiger partial charge in [0.1, 0.15) is 36.7 Å². The van der Waals surface area contributed by atoms with Crippen molar-refractivity contribution < 1.29 is 28.9 Å². The van der Waals surface area contributed by atoms with Crippen LogP contribution < -0.4 is 11.5 Å². The largest absolute Gasteiger partial charge is 0.462 e. The number of hydrogen-bond acceptors (Lipinski definition) is 11. The van der Waals surface area contributed by atoms with Crippen LogP contribution in [0.4, 0.5) is 5.82 Å². The Bertz CT molecular complexity index is 1090. The van der Waals surface area contributed by atoms with E-state index < -0.39 is 35.9 Å². The second kappa shape index (κ2) is 9.92. The number of anilines is 1. The normalized spacial score (nSPS) is 27.4. The summed E-state index contributed by atoms with van der Waals surface area (Å²) in [5.74, 6) is -0.821. The first-order chi connectivity index (χ1) is 16.4. The molecule has 4 rings (SSSR count). The van der Waals surface area contributed by atoms with Gasteiger partial charge in [-0.25, -0.2) is 9.50 Å². The zero-order valence-electron chi connectivity index (χ0n) is 18.6. The maximum absolute atomic E-state index is 12.8. The van der Waals surface area contributed by atoms with Crippen LogP contribution in [-0.4, -0.2) is 63.1 Å². The van der Waals surface area contributed by atoms with E-state index in [4.69, 9.17) is 25.7 Å². The molecule has 5 N–H and O–H groups in total. The van der Waals surface area contributed by atoms with Crippen LogP contribution in [0.5, 0.6) is 0 Å². The molecule has 4 atom stereocenters. The summed E-state index contributed by atoms with van der Waals surface area (Å²) in [6.45, 7) is -0.720. The predicted molar refractivity (Wildman–Crippen MR) is 117 cm³/mol. The van der Waals surface area contributed by atoms with Crippen molar-refractivity contribution in [2.75, 3.05) is 18.9 Å². The molecular formula is C22H28N6O6. The van der Waals surface area contributed by atoms with E-state index in [-0.39, 0.29) is 37.0 Å². The van der Waals surface area contributed by atoms with E-state index in [1.54, 1.807) is 6.07 Å². The first-order valence-electron chi connectivity index (χ1n) is 11.3. The number of fused-ring (bicyclic) bond motifs is 1. The van der Waals surface area contributed by atoms with Gasteiger partial charge in [-0.2, -0.15) is 10.4 Å². The highest BCUT2D eigenvalue weighted by Crippen LogP contribution is 2.42. The van der Waals surface area contributed by atoms with E-state index in [1.165, 1.54) is 16.9 Å². The number of ether oxygens (including phenoxy) is 3. The standard InChI is InChI=1S/C22H28N6O6/c23-9-18(30)32-10-15-19(33-17(29)8-13-4-2-1-3-5-13)20(31)22(11-24,34-15)16-7-6-14-21(25)26-12-27-28(14)16/h6-7,12-13,15,19-20,31H,1-5,8-10,23H2,(H2,25,26,27)/t15-,19-,20-,22+/m1/s1. The van der Waals surface area contributed by atoms with Gasteiger partial charge < -0.3 is 30.8 Å². The number of nitrogens with two attached hydrogens (primary N) is 2. The van der Waals surface area contributed by atoms with Gasteiger partial charge in [0, 0.05) is 6.42 Å². The lowest BCUT2D eigenvalue weighted by atomic mass is 9.87. The Hall–Kier alpha value is -3.27. The van der Waals surface area contributed by atoms with Crippen molar-refractivity contribution in [3.63, 3.8) is 0 Å². The number of carbonyl (C=O) groups is 2. The van der Waals surface area contributed by atoms with Gasteiger partial charge in [0.2, 0.25) is 5.60 Å². The molecule has 0 spiro atoms. The summed E-state index contributed by atoms with van der Waals surface area (Å²) in [5.41, 5.74) is 9.81. The lowest BCUT2D eigenvalue weighted by molar-refractivity contribution is -0.160. The molecule has 1 aliphatic carbocycles. The van der Waals surface area contributed by atoms with Crippen LogP contribution in [0.2, 0.25) is 0 Å². The number of aromatic nitrogens is 3. The van der Waals surface area contributed by atoms with E-state index in [9.17, 15) is 20.0 Å². The molecule has 2 aliphatic rings. The molecule has 0 bridgehead atoms. The van der Waals surface area contributed by atoms with Crippen molar-refractivity contribution in [2.45, 2.75) is 62.4 Å². The topological polar surface area (TPSA) is 188 Å². The summed E-state index contributed by atoms with van der Waals surface area (Å²) in [7, 11) is 0. The average Bonchev–Trinajstić information content (AvgIpc) is 3.39. The van der Waals surface area contributed by atoms with Gasteiger partial charge in [-0.05, 0) is 30.9 Å². The fourth-order valence-corrected chi connectivity index (χ4v) is 4.74. The fraction of sp³-hybridized carbons (Fsp3) is 0.591. The summed E-state index contributed by atoms with van der Waals surface area (Å²) in [6.07, 6.45) is 2.62. The van der Waals surface area contributed by atoms with Gasteiger partial charge in [-0.15, -0.1) is 0 Å². The smallest absolute Gasteiger partial charge is 0.319 e. The van der Waals surface area contributed by atoms with Crippen LogP contribution in [0.25, 0.3) is 5.52 Å². The number of aliphatic hydroxyl groups is 1. The Morgan fingerprint density at radius 3 is 2.76 bits per heavy atom. The van der Waals surface area contributed by atoms with Crippen LogP contribution in [-0.2, 0) is 29.4 Å². The Balaban J connectivity index is 1.62. The molecule has 0 radical (unpaired) electrons. The molecule has 12 nitrogen and oxygen atoms in total. The lowest BCUT2D eigenvalue weighted by Gasteiger charge is -2.25. The molecule has 0 unspecified atom stereocenters. The van der Waals surface area contributed by atoms with Crippen LogP contribution in [0.15, 0.2) is 18.5 Å². The molecule has 1 aliphatic heterocycles. The Morgan fingerprint density at radius 2 is 2.06 bits per heavy atom. The number of nitrogen functional groups attached to an aromatic ring is 1. The van der Waals surface area contributed by atoms with Gasteiger partial charge in [0.25, 0.3) is 0 Å². The summed E-state index contributed by atoms with van der Waals surface area (Å²) in [6, 6.07) is 5.13. The third-order valence-electron chi connectivity index (χ3n) is 6.48. The zero-order valence-corrected chi connectivity index (χ0v) is 18.6. The van der Waals surface area contributed by atoms with Gasteiger partial charge in [0.05, 0.1) is 12.2 Å². The number of rotatable bonds is 7. The van der Waals surface area contributed by atoms with Crippen LogP contribution in [0.3, 0.4) is 0 Å². The van der Waals surface area contributed by atoms with Gasteiger partial charge in [-0.1, -0.05) is 19.3 Å². The van der Waals surface area contributed by atoms with E-state index in [0.29, 0.717) is 5.52 Å². The van der Waals surface area contributed by atoms with Gasteiger partial charge in [0.15, 0.2) is 11.9 Å². The number of aliphatic hydroxyl groups excluding tert-OH is 1. The number of nitriles is 1. The van der Waals surface area contributed by atoms with Crippen molar-refractivity contribution in [3.05, 3.63) is 24.2 Å². The van der Waals surface area contributed by atoms with Crippen molar-refractivity contribution in [3.8, 4) is 6.07 Å². The van der Waals surface area contributed by atoms with Crippen LogP contribution >= 0.6 is 0 Å². The SMILES string of the molecule is N#C[C@@]1(c2ccc3c(N)ncnn23)O[C@H](COC(=O)CN)[C@@H](OC(=O)CC2CCCCC2)[C@H]1O. The van der Waals surface area contributed by atoms with Crippen LogP contribution in [0.1, 0.15) is 44.2 Å². The number of carbonyl (C=O) groups excluding carboxylic acids is 2. The molecule has 3 heterocycles. The first kappa shape index (κ1) is 23.9. The Labute approximate surface area is 195 Å². The maximum atomic E-state index is 12.8. The first-order valence-corrected chi connectivity index (χ1v) is 11.3. The average molecular weight is 473 g/mol. The molecule has 1 saturated heterocycles. The molecule has 12 heteroatoms. The van der Waals surface area contributed by atoms with Gasteiger partial charge in [-0.3, -0.25) is 9.59 Å². The molecule has 2 aromatic heterocycles. The highest BCUT2D eigenvalue weighted by molar-refractivity contribution is 5.71. The summed E-state index contributed by atoms with van der Waals surface area (Å²) >= 11 is 0. The highest BCUT2D eigenvalue weighted by atomic mass is 16.6. The highest BCUT2D eigenvalue weighted by Gasteiger charge is 2.60. The Kier molecular flexibility index (Phi) is 6.97. The predicted octanol–water partition coefficient (Wildman–Crippen LogP) is 0.174. The molecule has 182 valence electrons. The lowest BCUT2D eigenvalue weighted by Crippen LogP contribution is -2.43. The zero-order chi connectivity index (χ0) is 24.3. The minimum atomic E-state index is -1.97. The van der Waals surface area contributed by atoms with E-state index in [0.717, 1.165) is 32.1 Å². The molecule has 34 heavy (non-hydrogen) atoms. The third-order valence-corrected chi connectivity index (χ3v) is 6.48. The third kappa shape index (κ3) is 4.42. The summed E-state index contributed by atoms with van der Waals surface area (Å²) < 4.78 is 18.0. The maximum Gasteiger partial charge on any atom is 0.319 e. The quantitative estimate of drug-likeness (QED) is 0.466. The second-order valence-corrected chi connectivity index (χ2v) is 8.66. The van der Waals surface area contributed by atoms with Gasteiger partial charge >= 0.3 is 11.9 Å². The van der Waals surface area contributed by atoms with Crippen molar-refractivity contribution >= 4 is 23.3 Å². The molecule has 0 amide bonds.